The Morgan fingerprint density at radius 3 is 2.18 bits per heavy atom. The third-order valence-electron chi connectivity index (χ3n) is 1.36. The van der Waals surface area contributed by atoms with Crippen LogP contribution >= 0.6 is 0 Å². The molecular formula is C8H10NNaO. The Morgan fingerprint density at radius 2 is 1.73 bits per heavy atom. The average Bonchev–Trinajstić information content (AvgIpc) is 1.95. The summed E-state index contributed by atoms with van der Waals surface area (Å²) in [5.74, 6) is 0.0563. The summed E-state index contributed by atoms with van der Waals surface area (Å²) in [5, 5.41) is 10.6. The second kappa shape index (κ2) is 5.61. The molecule has 2 nitrogen and oxygen atoms in total. The standard InChI is InChI=1S/C8H11NO.Na/c9-6-5-7-1-3-8(10)4-2-7;/h1-4,10H,5-6,9H2;/q;+1/p-1. The normalized spacial score (nSPS) is 8.82. The van der Waals surface area contributed by atoms with Crippen molar-refractivity contribution in [1.29, 1.82) is 0 Å². The number of hydrogen-bond acceptors (Lipinski definition) is 2. The van der Waals surface area contributed by atoms with E-state index < -0.39 is 0 Å². The van der Waals surface area contributed by atoms with Gasteiger partial charge in [0, 0.05) is 0 Å². The number of benzene rings is 1. The van der Waals surface area contributed by atoms with Gasteiger partial charge in [0.1, 0.15) is 0 Å². The molecule has 0 bridgehead atoms. The number of nitrogens with two attached hydrogens (primary N) is 1. The van der Waals surface area contributed by atoms with Gasteiger partial charge in [-0.3, -0.25) is 0 Å². The summed E-state index contributed by atoms with van der Waals surface area (Å²) in [6, 6.07) is 6.75. The van der Waals surface area contributed by atoms with E-state index in [1.807, 2.05) is 12.1 Å². The first-order chi connectivity index (χ1) is 4.83. The molecule has 0 spiro atoms. The van der Waals surface area contributed by atoms with Crippen molar-refractivity contribution in [3.8, 4) is 5.75 Å². The monoisotopic (exact) mass is 159 g/mol. The first kappa shape index (κ1) is 11.0. The minimum Gasteiger partial charge on any atom is -0.872 e. The van der Waals surface area contributed by atoms with Gasteiger partial charge in [-0.1, -0.05) is 24.3 Å². The molecule has 0 aliphatic heterocycles. The Morgan fingerprint density at radius 1 is 1.18 bits per heavy atom. The third-order valence-corrected chi connectivity index (χ3v) is 1.36. The molecule has 0 aromatic heterocycles. The molecule has 0 saturated carbocycles. The van der Waals surface area contributed by atoms with E-state index in [-0.39, 0.29) is 35.3 Å². The van der Waals surface area contributed by atoms with Crippen molar-refractivity contribution in [3.63, 3.8) is 0 Å². The van der Waals surface area contributed by atoms with Crippen molar-refractivity contribution >= 4 is 0 Å². The summed E-state index contributed by atoms with van der Waals surface area (Å²) in [6.07, 6.45) is 0.847. The minimum absolute atomic E-state index is 0. The Bertz CT molecular complexity index is 198. The van der Waals surface area contributed by atoms with Gasteiger partial charge in [-0.15, -0.1) is 5.75 Å². The Labute approximate surface area is 88.7 Å². The minimum atomic E-state index is 0. The zero-order valence-corrected chi connectivity index (χ0v) is 8.71. The van der Waals surface area contributed by atoms with Crippen molar-refractivity contribution < 1.29 is 34.7 Å². The van der Waals surface area contributed by atoms with Crippen molar-refractivity contribution in [3.05, 3.63) is 29.8 Å². The largest absolute Gasteiger partial charge is 1.00 e. The zero-order valence-electron chi connectivity index (χ0n) is 6.71. The molecule has 2 N–H and O–H groups in total. The predicted octanol–water partition coefficient (Wildman–Crippen LogP) is -2.73. The summed E-state index contributed by atoms with van der Waals surface area (Å²) in [5.41, 5.74) is 6.45. The van der Waals surface area contributed by atoms with Crippen LogP contribution in [0.15, 0.2) is 24.3 Å². The quantitative estimate of drug-likeness (QED) is 0.476. The fourth-order valence-corrected chi connectivity index (χ4v) is 0.823. The van der Waals surface area contributed by atoms with Crippen LogP contribution in [0.2, 0.25) is 0 Å². The van der Waals surface area contributed by atoms with E-state index in [0.29, 0.717) is 6.54 Å². The van der Waals surface area contributed by atoms with Crippen LogP contribution in [0.25, 0.3) is 0 Å². The maximum absolute atomic E-state index is 10.6. The first-order valence-electron chi connectivity index (χ1n) is 3.29. The van der Waals surface area contributed by atoms with Gasteiger partial charge < -0.3 is 10.8 Å². The fourth-order valence-electron chi connectivity index (χ4n) is 0.823. The van der Waals surface area contributed by atoms with Crippen LogP contribution in [0.5, 0.6) is 5.75 Å². The molecule has 54 valence electrons. The second-order valence-corrected chi connectivity index (χ2v) is 2.18. The van der Waals surface area contributed by atoms with Gasteiger partial charge >= 0.3 is 29.6 Å². The van der Waals surface area contributed by atoms with Crippen LogP contribution in [0.3, 0.4) is 0 Å². The molecule has 0 amide bonds. The molecule has 11 heavy (non-hydrogen) atoms. The van der Waals surface area contributed by atoms with Crippen LogP contribution in [0.4, 0.5) is 0 Å². The molecule has 0 radical (unpaired) electrons. The predicted molar refractivity (Wildman–Crippen MR) is 38.6 cm³/mol. The molecular weight excluding hydrogens is 149 g/mol. The summed E-state index contributed by atoms with van der Waals surface area (Å²) in [6.45, 7) is 0.637. The number of rotatable bonds is 2. The smallest absolute Gasteiger partial charge is 0.872 e. The van der Waals surface area contributed by atoms with Gasteiger partial charge in [-0.25, -0.2) is 0 Å². The molecule has 1 aromatic rings. The number of hydrogen-bond donors (Lipinski definition) is 1. The molecule has 0 aliphatic rings. The molecule has 1 rings (SSSR count). The van der Waals surface area contributed by atoms with Crippen LogP contribution < -0.4 is 40.4 Å². The van der Waals surface area contributed by atoms with E-state index in [0.717, 1.165) is 12.0 Å². The molecule has 0 atom stereocenters. The molecule has 1 aromatic carbocycles. The van der Waals surface area contributed by atoms with Crippen molar-refractivity contribution in [1.82, 2.24) is 0 Å². The Hall–Kier alpha value is -0.0200. The molecule has 0 unspecified atom stereocenters. The first-order valence-corrected chi connectivity index (χ1v) is 3.29. The van der Waals surface area contributed by atoms with Gasteiger partial charge in [-0.05, 0) is 18.5 Å². The second-order valence-electron chi connectivity index (χ2n) is 2.18. The van der Waals surface area contributed by atoms with Gasteiger partial charge in [0.15, 0.2) is 0 Å². The maximum Gasteiger partial charge on any atom is 1.00 e. The average molecular weight is 159 g/mol. The molecule has 0 saturated heterocycles. The SMILES string of the molecule is NCCc1ccc([O-])cc1.[Na+]. The van der Waals surface area contributed by atoms with Crippen LogP contribution in [-0.2, 0) is 6.42 Å². The Kier molecular flexibility index (Phi) is 5.60. The summed E-state index contributed by atoms with van der Waals surface area (Å²) in [7, 11) is 0. The fraction of sp³-hybridized carbons (Fsp3) is 0.250. The molecule has 0 fully saturated rings. The van der Waals surface area contributed by atoms with Crippen molar-refractivity contribution in [2.24, 2.45) is 5.73 Å². The summed E-state index contributed by atoms with van der Waals surface area (Å²) >= 11 is 0. The van der Waals surface area contributed by atoms with Gasteiger partial charge in [0.05, 0.1) is 0 Å². The van der Waals surface area contributed by atoms with E-state index in [1.165, 1.54) is 0 Å². The van der Waals surface area contributed by atoms with E-state index in [4.69, 9.17) is 5.73 Å². The van der Waals surface area contributed by atoms with Crippen LogP contribution in [0.1, 0.15) is 5.56 Å². The summed E-state index contributed by atoms with van der Waals surface area (Å²) < 4.78 is 0. The van der Waals surface area contributed by atoms with E-state index in [1.54, 1.807) is 12.1 Å². The maximum atomic E-state index is 10.6. The molecule has 3 heteroatoms. The van der Waals surface area contributed by atoms with E-state index in [9.17, 15) is 5.11 Å². The van der Waals surface area contributed by atoms with Gasteiger partial charge in [0.2, 0.25) is 0 Å². The van der Waals surface area contributed by atoms with E-state index in [2.05, 4.69) is 0 Å². The summed E-state index contributed by atoms with van der Waals surface area (Å²) in [4.78, 5) is 0. The molecule has 0 heterocycles. The third kappa shape index (κ3) is 3.77. The van der Waals surface area contributed by atoms with Crippen molar-refractivity contribution in [2.45, 2.75) is 6.42 Å². The topological polar surface area (TPSA) is 49.1 Å². The van der Waals surface area contributed by atoms with Gasteiger partial charge in [-0.2, -0.15) is 0 Å². The van der Waals surface area contributed by atoms with Crippen LogP contribution in [-0.4, -0.2) is 6.54 Å². The van der Waals surface area contributed by atoms with Crippen LogP contribution in [0, 0.1) is 0 Å². The van der Waals surface area contributed by atoms with Gasteiger partial charge in [0.25, 0.3) is 0 Å². The van der Waals surface area contributed by atoms with Crippen molar-refractivity contribution in [2.75, 3.05) is 6.54 Å². The zero-order chi connectivity index (χ0) is 7.40. The molecule has 0 aliphatic carbocycles. The Balaban J connectivity index is 0.000001000. The van der Waals surface area contributed by atoms with E-state index >= 15 is 0 Å².